The summed E-state index contributed by atoms with van der Waals surface area (Å²) >= 11 is 0. The first-order chi connectivity index (χ1) is 8.66. The van der Waals surface area contributed by atoms with E-state index in [9.17, 15) is 22.0 Å². The van der Waals surface area contributed by atoms with Gasteiger partial charge in [-0.05, 0) is 27.7 Å². The van der Waals surface area contributed by atoms with Crippen molar-refractivity contribution in [1.29, 1.82) is 0 Å². The molecule has 1 aliphatic heterocycles. The fourth-order valence-electron chi connectivity index (χ4n) is 2.64. The van der Waals surface area contributed by atoms with Gasteiger partial charge in [-0.2, -0.15) is 17.2 Å². The largest absolute Gasteiger partial charge is 0.465 e. The van der Waals surface area contributed by atoms with Crippen LogP contribution in [-0.4, -0.2) is 41.4 Å². The van der Waals surface area contributed by atoms with Crippen LogP contribution in [0, 0.1) is 0 Å². The monoisotopic (exact) mass is 315 g/mol. The van der Waals surface area contributed by atoms with Crippen LogP contribution >= 0.6 is 0 Å². The third-order valence-electron chi connectivity index (χ3n) is 2.99. The van der Waals surface area contributed by atoms with Gasteiger partial charge in [0.25, 0.3) is 0 Å². The molecular weight excluding hydrogens is 296 g/mol. The van der Waals surface area contributed by atoms with Crippen LogP contribution in [0.1, 0.15) is 40.5 Å². The molecule has 0 aliphatic carbocycles. The molecule has 0 radical (unpaired) electrons. The van der Waals surface area contributed by atoms with Crippen molar-refractivity contribution < 1.29 is 31.3 Å². The van der Waals surface area contributed by atoms with Crippen LogP contribution < -0.4 is 5.32 Å². The van der Waals surface area contributed by atoms with Gasteiger partial charge in [0.05, 0.1) is 0 Å². The molecule has 1 heterocycles. The predicted octanol–water partition coefficient (Wildman–Crippen LogP) is 1.32. The number of rotatable bonds is 3. The average molecular weight is 315 g/mol. The second-order valence-electron chi connectivity index (χ2n) is 6.32. The van der Waals surface area contributed by atoms with E-state index in [0.29, 0.717) is 0 Å². The predicted molar refractivity (Wildman–Crippen MR) is 66.9 cm³/mol. The number of piperidine rings is 1. The van der Waals surface area contributed by atoms with Crippen molar-refractivity contribution in [3.63, 3.8) is 0 Å². The van der Waals surface area contributed by atoms with Crippen molar-refractivity contribution in [1.82, 2.24) is 5.32 Å². The molecule has 0 bridgehead atoms. The number of nitrogens with one attached hydrogen (secondary N) is 1. The molecule has 0 amide bonds. The zero-order valence-electron chi connectivity index (χ0n) is 11.7. The third kappa shape index (κ3) is 3.86. The first-order valence-corrected chi connectivity index (χ1v) is 7.46. The zero-order valence-corrected chi connectivity index (χ0v) is 12.6. The van der Waals surface area contributed by atoms with E-state index in [0.717, 1.165) is 0 Å². The molecule has 1 saturated heterocycles. The highest BCUT2D eigenvalue weighted by Crippen LogP contribution is 2.32. The first-order valence-electron chi connectivity index (χ1n) is 6.02. The molecule has 0 aromatic rings. The number of esters is 1. The normalized spacial score (nSPS) is 23.4. The number of halogens is 2. The highest BCUT2D eigenvalue weighted by Gasteiger charge is 2.55. The maximum Gasteiger partial charge on any atom is 0.465 e. The van der Waals surface area contributed by atoms with Crippen molar-refractivity contribution in [2.75, 3.05) is 0 Å². The minimum absolute atomic E-state index is 0.254. The van der Waals surface area contributed by atoms with Crippen molar-refractivity contribution in [3.05, 3.63) is 0 Å². The number of hydrogen-bond donors (Lipinski definition) is 2. The lowest BCUT2D eigenvalue weighted by Gasteiger charge is -2.45. The Kier molecular flexibility index (Phi) is 4.21. The van der Waals surface area contributed by atoms with E-state index >= 15 is 0 Å². The van der Waals surface area contributed by atoms with Crippen LogP contribution in [0.4, 0.5) is 8.78 Å². The van der Waals surface area contributed by atoms with E-state index in [1.165, 1.54) is 0 Å². The van der Waals surface area contributed by atoms with Crippen LogP contribution in [0.15, 0.2) is 0 Å². The number of hydrogen-bond acceptors (Lipinski definition) is 5. The van der Waals surface area contributed by atoms with E-state index in [4.69, 9.17) is 4.55 Å². The number of ether oxygens (including phenoxy) is 1. The molecule has 118 valence electrons. The molecule has 1 rings (SSSR count). The topological polar surface area (TPSA) is 92.7 Å². The van der Waals surface area contributed by atoms with Crippen molar-refractivity contribution >= 4 is 16.1 Å². The Bertz CT molecular complexity index is 485. The number of alkyl halides is 2. The Hall–Kier alpha value is -0.800. The summed E-state index contributed by atoms with van der Waals surface area (Å²) < 4.78 is 60.2. The number of carbonyl (C=O) groups excluding carboxylic acids is 1. The molecule has 6 nitrogen and oxygen atoms in total. The van der Waals surface area contributed by atoms with Gasteiger partial charge in [-0.15, -0.1) is 0 Å². The third-order valence-corrected chi connectivity index (χ3v) is 3.80. The molecule has 0 aromatic carbocycles. The SMILES string of the molecule is CC1(C)CC(OC(=O)C(F)(F)S(=O)(=O)O)CC(C)(C)N1. The molecule has 0 aromatic heterocycles. The Morgan fingerprint density at radius 2 is 1.65 bits per heavy atom. The van der Waals surface area contributed by atoms with Crippen LogP contribution in [0.5, 0.6) is 0 Å². The lowest BCUT2D eigenvalue weighted by molar-refractivity contribution is -0.171. The summed E-state index contributed by atoms with van der Waals surface area (Å²) in [4.78, 5) is 11.3. The van der Waals surface area contributed by atoms with E-state index in [1.54, 1.807) is 0 Å². The fraction of sp³-hybridized carbons (Fsp3) is 0.909. The molecule has 0 saturated carbocycles. The maximum atomic E-state index is 13.1. The summed E-state index contributed by atoms with van der Waals surface area (Å²) in [5.74, 6) is -2.25. The highest BCUT2D eigenvalue weighted by molar-refractivity contribution is 7.87. The summed E-state index contributed by atoms with van der Waals surface area (Å²) in [6, 6.07) is 0. The van der Waals surface area contributed by atoms with Gasteiger partial charge in [-0.3, -0.25) is 4.55 Å². The van der Waals surface area contributed by atoms with Crippen molar-refractivity contribution in [3.8, 4) is 0 Å². The summed E-state index contributed by atoms with van der Waals surface area (Å²) in [5.41, 5.74) is -0.917. The van der Waals surface area contributed by atoms with Gasteiger partial charge in [0.15, 0.2) is 0 Å². The minimum Gasteiger partial charge on any atom is -0.457 e. The van der Waals surface area contributed by atoms with E-state index in [1.807, 2.05) is 27.7 Å². The lowest BCUT2D eigenvalue weighted by atomic mass is 9.81. The molecule has 2 N–H and O–H groups in total. The highest BCUT2D eigenvalue weighted by atomic mass is 32.2. The van der Waals surface area contributed by atoms with Gasteiger partial charge in [0.1, 0.15) is 6.10 Å². The Morgan fingerprint density at radius 3 is 2.00 bits per heavy atom. The minimum atomic E-state index is -5.83. The summed E-state index contributed by atoms with van der Waals surface area (Å²) in [5, 5.41) is -1.69. The van der Waals surface area contributed by atoms with Gasteiger partial charge in [-0.25, -0.2) is 4.79 Å². The van der Waals surface area contributed by atoms with Crippen molar-refractivity contribution in [2.24, 2.45) is 0 Å². The van der Waals surface area contributed by atoms with Gasteiger partial charge in [0, 0.05) is 23.9 Å². The molecule has 1 fully saturated rings. The van der Waals surface area contributed by atoms with E-state index < -0.39 is 38.5 Å². The molecule has 0 atom stereocenters. The van der Waals surface area contributed by atoms with Crippen LogP contribution in [0.2, 0.25) is 0 Å². The summed E-state index contributed by atoms with van der Waals surface area (Å²) in [6.45, 7) is 7.26. The van der Waals surface area contributed by atoms with Gasteiger partial charge < -0.3 is 10.1 Å². The van der Waals surface area contributed by atoms with E-state index in [-0.39, 0.29) is 12.8 Å². The Balaban J connectivity index is 2.86. The average Bonchev–Trinajstić information content (AvgIpc) is 2.09. The van der Waals surface area contributed by atoms with Gasteiger partial charge >= 0.3 is 21.3 Å². The Morgan fingerprint density at radius 1 is 1.25 bits per heavy atom. The molecular formula is C11H19F2NO5S. The quantitative estimate of drug-likeness (QED) is 0.603. The Labute approximate surface area is 116 Å². The van der Waals surface area contributed by atoms with Crippen molar-refractivity contribution in [2.45, 2.75) is 63.0 Å². The smallest absolute Gasteiger partial charge is 0.457 e. The van der Waals surface area contributed by atoms with Gasteiger partial charge in [-0.1, -0.05) is 0 Å². The van der Waals surface area contributed by atoms with E-state index in [2.05, 4.69) is 10.1 Å². The van der Waals surface area contributed by atoms with Crippen LogP contribution in [0.3, 0.4) is 0 Å². The molecule has 1 aliphatic rings. The van der Waals surface area contributed by atoms with Crippen LogP contribution in [0.25, 0.3) is 0 Å². The summed E-state index contributed by atoms with van der Waals surface area (Å²) in [6.07, 6.45) is -0.352. The molecule has 0 spiro atoms. The standard InChI is InChI=1S/C11H19F2NO5S/c1-9(2)5-7(6-10(3,4)14-9)19-8(15)11(12,13)20(16,17)18/h7,14H,5-6H2,1-4H3,(H,16,17,18). The first kappa shape index (κ1) is 17.3. The second-order valence-corrected chi connectivity index (χ2v) is 7.78. The zero-order chi connectivity index (χ0) is 16.0. The fourth-order valence-corrected chi connectivity index (χ4v) is 2.90. The maximum absolute atomic E-state index is 13.1. The van der Waals surface area contributed by atoms with Gasteiger partial charge in [0.2, 0.25) is 0 Å². The molecule has 9 heteroatoms. The summed E-state index contributed by atoms with van der Waals surface area (Å²) in [7, 11) is -5.83. The second kappa shape index (κ2) is 4.88. The number of carbonyl (C=O) groups is 1. The van der Waals surface area contributed by atoms with Crippen LogP contribution in [-0.2, 0) is 19.6 Å². The lowest BCUT2D eigenvalue weighted by Crippen LogP contribution is -2.60. The molecule has 20 heavy (non-hydrogen) atoms. The molecule has 0 unspecified atom stereocenters.